The number of aromatic amines is 1. The number of benzene rings is 1. The maximum Gasteiger partial charge on any atom is 0.433 e. The van der Waals surface area contributed by atoms with Crippen molar-refractivity contribution in [2.45, 2.75) is 31.1 Å². The third-order valence-electron chi connectivity index (χ3n) is 5.35. The van der Waals surface area contributed by atoms with Crippen LogP contribution in [0.15, 0.2) is 24.3 Å². The highest BCUT2D eigenvalue weighted by Gasteiger charge is 2.39. The molecule has 0 unspecified atom stereocenters. The summed E-state index contributed by atoms with van der Waals surface area (Å²) in [5.74, 6) is 0.187. The lowest BCUT2D eigenvalue weighted by Crippen LogP contribution is -2.29. The van der Waals surface area contributed by atoms with E-state index in [4.69, 9.17) is 0 Å². The average molecular weight is 401 g/mol. The van der Waals surface area contributed by atoms with E-state index in [1.54, 1.807) is 6.07 Å². The van der Waals surface area contributed by atoms with Crippen LogP contribution in [0.5, 0.6) is 0 Å². The summed E-state index contributed by atoms with van der Waals surface area (Å²) in [6.45, 7) is 1.77. The number of piperidine rings is 1. The quantitative estimate of drug-likeness (QED) is 0.541. The second-order valence-corrected chi connectivity index (χ2v) is 7.28. The number of hydrogen-bond acceptors (Lipinski definition) is 2. The van der Waals surface area contributed by atoms with Gasteiger partial charge in [0.05, 0.1) is 16.6 Å². The summed E-state index contributed by atoms with van der Waals surface area (Å²) < 4.78 is 79.7. The fourth-order valence-corrected chi connectivity index (χ4v) is 3.83. The summed E-state index contributed by atoms with van der Waals surface area (Å²) in [5, 5.41) is 0.214. The maximum atomic E-state index is 13.4. The van der Waals surface area contributed by atoms with Crippen molar-refractivity contribution in [3.63, 3.8) is 0 Å². The lowest BCUT2D eigenvalue weighted by molar-refractivity contribution is -0.144. The Balaban J connectivity index is 1.93. The van der Waals surface area contributed by atoms with Crippen LogP contribution < -0.4 is 0 Å². The Kier molecular flexibility index (Phi) is 4.33. The van der Waals surface area contributed by atoms with Crippen LogP contribution in [0.25, 0.3) is 21.8 Å². The summed E-state index contributed by atoms with van der Waals surface area (Å²) in [6, 6.07) is 4.58. The van der Waals surface area contributed by atoms with Crippen LogP contribution >= 0.6 is 0 Å². The van der Waals surface area contributed by atoms with E-state index in [2.05, 4.69) is 14.9 Å². The van der Waals surface area contributed by atoms with Gasteiger partial charge in [0, 0.05) is 22.4 Å². The molecular weight excluding hydrogens is 384 g/mol. The SMILES string of the molecule is CN1CCC(c2cc3ccc4c(C(F)(F)F)cc(C(F)(F)F)nc4c3[nH]2)CC1. The summed E-state index contributed by atoms with van der Waals surface area (Å²) in [5.41, 5.74) is -2.15. The molecule has 0 amide bonds. The van der Waals surface area contributed by atoms with Crippen LogP contribution in [0.1, 0.15) is 35.7 Å². The number of pyridine rings is 1. The molecule has 2 aromatic heterocycles. The smallest absolute Gasteiger partial charge is 0.356 e. The van der Waals surface area contributed by atoms with Crippen molar-refractivity contribution in [1.29, 1.82) is 0 Å². The number of nitrogens with one attached hydrogen (secondary N) is 1. The van der Waals surface area contributed by atoms with Gasteiger partial charge in [-0.2, -0.15) is 26.3 Å². The highest BCUT2D eigenvalue weighted by atomic mass is 19.4. The zero-order valence-corrected chi connectivity index (χ0v) is 14.9. The van der Waals surface area contributed by atoms with E-state index in [0.717, 1.165) is 31.6 Å². The first-order valence-corrected chi connectivity index (χ1v) is 8.83. The fraction of sp³-hybridized carbons (Fsp3) is 0.421. The molecule has 0 spiro atoms. The molecule has 0 atom stereocenters. The molecule has 9 heteroatoms. The molecule has 3 aromatic rings. The lowest BCUT2D eigenvalue weighted by Gasteiger charge is -2.28. The molecule has 3 nitrogen and oxygen atoms in total. The minimum Gasteiger partial charge on any atom is -0.356 e. The Morgan fingerprint density at radius 1 is 1.00 bits per heavy atom. The lowest BCUT2D eigenvalue weighted by atomic mass is 9.94. The van der Waals surface area contributed by atoms with Crippen LogP contribution in [0.2, 0.25) is 0 Å². The van der Waals surface area contributed by atoms with E-state index < -0.39 is 23.6 Å². The van der Waals surface area contributed by atoms with Crippen molar-refractivity contribution in [3.05, 3.63) is 41.2 Å². The van der Waals surface area contributed by atoms with Crippen molar-refractivity contribution in [3.8, 4) is 0 Å². The summed E-state index contributed by atoms with van der Waals surface area (Å²) in [4.78, 5) is 8.80. The van der Waals surface area contributed by atoms with Gasteiger partial charge in [-0.1, -0.05) is 12.1 Å². The number of hydrogen-bond donors (Lipinski definition) is 1. The van der Waals surface area contributed by atoms with Gasteiger partial charge in [0.1, 0.15) is 5.69 Å². The van der Waals surface area contributed by atoms with E-state index in [9.17, 15) is 26.3 Å². The van der Waals surface area contributed by atoms with Crippen LogP contribution in [-0.4, -0.2) is 35.0 Å². The minimum atomic E-state index is -4.97. The number of likely N-dealkylation sites (tertiary alicyclic amines) is 1. The Morgan fingerprint density at radius 3 is 2.29 bits per heavy atom. The normalized spacial score (nSPS) is 17.7. The second kappa shape index (κ2) is 6.37. The molecule has 3 heterocycles. The first-order chi connectivity index (χ1) is 13.0. The Hall–Kier alpha value is -2.29. The number of nitrogens with zero attached hydrogens (tertiary/aromatic N) is 2. The monoisotopic (exact) mass is 401 g/mol. The van der Waals surface area contributed by atoms with Crippen molar-refractivity contribution in [2.75, 3.05) is 20.1 Å². The van der Waals surface area contributed by atoms with E-state index in [1.807, 2.05) is 7.05 Å². The molecule has 0 radical (unpaired) electrons. The first-order valence-electron chi connectivity index (χ1n) is 8.83. The van der Waals surface area contributed by atoms with E-state index in [-0.39, 0.29) is 28.4 Å². The van der Waals surface area contributed by atoms with Gasteiger partial charge in [-0.25, -0.2) is 4.98 Å². The van der Waals surface area contributed by atoms with Crippen molar-refractivity contribution in [1.82, 2.24) is 14.9 Å². The summed E-state index contributed by atoms with van der Waals surface area (Å²) in [7, 11) is 2.01. The molecule has 1 fully saturated rings. The highest BCUT2D eigenvalue weighted by molar-refractivity contribution is 6.04. The third kappa shape index (κ3) is 3.32. The van der Waals surface area contributed by atoms with Gasteiger partial charge in [0.15, 0.2) is 0 Å². The zero-order valence-electron chi connectivity index (χ0n) is 14.9. The number of rotatable bonds is 1. The third-order valence-corrected chi connectivity index (χ3v) is 5.35. The summed E-state index contributed by atoms with van der Waals surface area (Å²) in [6.07, 6.45) is -8.15. The van der Waals surface area contributed by atoms with E-state index >= 15 is 0 Å². The first kappa shape index (κ1) is 19.0. The molecule has 4 rings (SSSR count). The molecular formula is C19H17F6N3. The van der Waals surface area contributed by atoms with Gasteiger partial charge in [0.2, 0.25) is 0 Å². The molecule has 0 saturated carbocycles. The van der Waals surface area contributed by atoms with Gasteiger partial charge >= 0.3 is 12.4 Å². The van der Waals surface area contributed by atoms with Crippen LogP contribution in [0.4, 0.5) is 26.3 Å². The molecule has 28 heavy (non-hydrogen) atoms. The molecule has 150 valence electrons. The number of H-pyrrole nitrogens is 1. The largest absolute Gasteiger partial charge is 0.433 e. The zero-order chi connectivity index (χ0) is 20.3. The van der Waals surface area contributed by atoms with E-state index in [1.165, 1.54) is 12.1 Å². The predicted octanol–water partition coefficient (Wildman–Crippen LogP) is 5.56. The molecule has 0 bridgehead atoms. The second-order valence-electron chi connectivity index (χ2n) is 7.28. The number of fused-ring (bicyclic) bond motifs is 3. The Bertz CT molecular complexity index is 1030. The van der Waals surface area contributed by atoms with Crippen molar-refractivity contribution < 1.29 is 26.3 Å². The Morgan fingerprint density at radius 2 is 1.68 bits per heavy atom. The van der Waals surface area contributed by atoms with Gasteiger partial charge in [-0.15, -0.1) is 0 Å². The summed E-state index contributed by atoms with van der Waals surface area (Å²) >= 11 is 0. The van der Waals surface area contributed by atoms with Crippen LogP contribution in [0.3, 0.4) is 0 Å². The standard InChI is InChI=1S/C19H17F6N3/c1-28-6-4-10(5-7-28)14-8-11-2-3-12-13(18(20,21)22)9-15(19(23,24)25)27-17(12)16(11)26-14/h2-3,8-10,26H,4-7H2,1H3. The molecule has 1 N–H and O–H groups in total. The molecule has 1 aromatic carbocycles. The van der Waals surface area contributed by atoms with Crippen molar-refractivity contribution >= 4 is 21.8 Å². The van der Waals surface area contributed by atoms with Crippen molar-refractivity contribution in [2.24, 2.45) is 0 Å². The predicted molar refractivity (Wildman–Crippen MR) is 93.1 cm³/mol. The van der Waals surface area contributed by atoms with Gasteiger partial charge in [-0.05, 0) is 45.1 Å². The topological polar surface area (TPSA) is 31.9 Å². The fourth-order valence-electron chi connectivity index (χ4n) is 3.83. The van der Waals surface area contributed by atoms with E-state index in [0.29, 0.717) is 5.39 Å². The van der Waals surface area contributed by atoms with Crippen LogP contribution in [-0.2, 0) is 12.4 Å². The molecule has 1 aliphatic rings. The minimum absolute atomic E-state index is 0.0784. The number of alkyl halides is 6. The maximum absolute atomic E-state index is 13.4. The highest BCUT2D eigenvalue weighted by Crippen LogP contribution is 2.40. The van der Waals surface area contributed by atoms with Gasteiger partial charge in [0.25, 0.3) is 0 Å². The van der Waals surface area contributed by atoms with Crippen LogP contribution in [0, 0.1) is 0 Å². The molecule has 1 saturated heterocycles. The number of aromatic nitrogens is 2. The average Bonchev–Trinajstić information content (AvgIpc) is 3.04. The number of halogens is 6. The molecule has 0 aliphatic carbocycles. The Labute approximate surface area is 156 Å². The van der Waals surface area contributed by atoms with Gasteiger partial charge < -0.3 is 9.88 Å². The van der Waals surface area contributed by atoms with Gasteiger partial charge in [-0.3, -0.25) is 0 Å². The molecule has 1 aliphatic heterocycles.